The molecule has 112 valence electrons. The van der Waals surface area contributed by atoms with Crippen LogP contribution in [0.4, 0.5) is 0 Å². The Hall–Kier alpha value is -0.130. The Morgan fingerprint density at radius 1 is 1.26 bits per heavy atom. The maximum atomic E-state index is 11.6. The Morgan fingerprint density at radius 3 is 2.63 bits per heavy atom. The van der Waals surface area contributed by atoms with Crippen molar-refractivity contribution in [2.24, 2.45) is 11.8 Å². The highest BCUT2D eigenvalue weighted by molar-refractivity contribution is 7.91. The molecule has 2 rings (SSSR count). The van der Waals surface area contributed by atoms with Crippen LogP contribution in [-0.2, 0) is 14.6 Å². The smallest absolute Gasteiger partial charge is 0.150 e. The van der Waals surface area contributed by atoms with E-state index in [0.29, 0.717) is 29.4 Å². The van der Waals surface area contributed by atoms with Gasteiger partial charge in [-0.05, 0) is 50.5 Å². The lowest BCUT2D eigenvalue weighted by molar-refractivity contribution is 0.112. The van der Waals surface area contributed by atoms with Crippen molar-refractivity contribution in [3.05, 3.63) is 0 Å². The summed E-state index contributed by atoms with van der Waals surface area (Å²) in [5, 5.41) is 3.55. The second kappa shape index (κ2) is 7.04. The standard InChI is InChI=1S/C14H27NO3S/c1-2-7-18-8-5-12(10-15-14-3-4-14)13-6-9-19(16,17)11-13/h12-15H,2-11H2,1H3. The minimum atomic E-state index is -2.77. The fraction of sp³-hybridized carbons (Fsp3) is 1.00. The minimum Gasteiger partial charge on any atom is -0.381 e. The van der Waals surface area contributed by atoms with E-state index in [9.17, 15) is 8.42 Å². The number of hydrogen-bond donors (Lipinski definition) is 1. The summed E-state index contributed by atoms with van der Waals surface area (Å²) in [6.07, 6.45) is 5.43. The summed E-state index contributed by atoms with van der Waals surface area (Å²) in [6, 6.07) is 0.692. The third kappa shape index (κ3) is 5.40. The predicted molar refractivity (Wildman–Crippen MR) is 77.0 cm³/mol. The molecule has 4 nitrogen and oxygen atoms in total. The van der Waals surface area contributed by atoms with Crippen LogP contribution in [0.5, 0.6) is 0 Å². The normalized spacial score (nSPS) is 27.5. The maximum Gasteiger partial charge on any atom is 0.150 e. The molecule has 0 amide bonds. The van der Waals surface area contributed by atoms with Gasteiger partial charge in [0, 0.05) is 19.3 Å². The third-order valence-corrected chi connectivity index (χ3v) is 5.96. The first-order chi connectivity index (χ1) is 9.11. The quantitative estimate of drug-likeness (QED) is 0.655. The van der Waals surface area contributed by atoms with Crippen molar-refractivity contribution in [3.63, 3.8) is 0 Å². The molecular weight excluding hydrogens is 262 g/mol. The maximum absolute atomic E-state index is 11.6. The fourth-order valence-electron chi connectivity index (χ4n) is 2.79. The number of nitrogens with one attached hydrogen (secondary N) is 1. The van der Waals surface area contributed by atoms with Crippen LogP contribution in [0.15, 0.2) is 0 Å². The zero-order valence-corrected chi connectivity index (χ0v) is 12.8. The molecule has 2 fully saturated rings. The van der Waals surface area contributed by atoms with Gasteiger partial charge in [-0.15, -0.1) is 0 Å². The summed E-state index contributed by atoms with van der Waals surface area (Å²) in [5.41, 5.74) is 0. The van der Waals surface area contributed by atoms with E-state index in [-0.39, 0.29) is 0 Å². The van der Waals surface area contributed by atoms with Gasteiger partial charge >= 0.3 is 0 Å². The Labute approximate surface area is 117 Å². The lowest BCUT2D eigenvalue weighted by atomic mass is 9.89. The van der Waals surface area contributed by atoms with Crippen molar-refractivity contribution in [1.29, 1.82) is 0 Å². The Kier molecular flexibility index (Phi) is 5.66. The van der Waals surface area contributed by atoms with Gasteiger partial charge in [-0.1, -0.05) is 6.92 Å². The lowest BCUT2D eigenvalue weighted by Gasteiger charge is -2.23. The Balaban J connectivity index is 1.78. The van der Waals surface area contributed by atoms with Gasteiger partial charge in [-0.3, -0.25) is 0 Å². The van der Waals surface area contributed by atoms with Crippen molar-refractivity contribution < 1.29 is 13.2 Å². The molecule has 2 atom stereocenters. The average molecular weight is 289 g/mol. The fourth-order valence-corrected chi connectivity index (χ4v) is 4.71. The van der Waals surface area contributed by atoms with Gasteiger partial charge in [0.05, 0.1) is 11.5 Å². The van der Waals surface area contributed by atoms with E-state index in [2.05, 4.69) is 12.2 Å². The molecule has 1 heterocycles. The molecule has 19 heavy (non-hydrogen) atoms. The Bertz CT molecular complexity index is 365. The molecule has 0 aromatic carbocycles. The number of ether oxygens (including phenoxy) is 1. The number of rotatable bonds is 9. The average Bonchev–Trinajstić information content (AvgIpc) is 3.12. The lowest BCUT2D eigenvalue weighted by Crippen LogP contribution is -2.31. The van der Waals surface area contributed by atoms with Crippen molar-refractivity contribution in [2.75, 3.05) is 31.3 Å². The van der Waals surface area contributed by atoms with Crippen LogP contribution in [0.2, 0.25) is 0 Å². The van der Waals surface area contributed by atoms with Gasteiger partial charge in [-0.25, -0.2) is 8.42 Å². The molecule has 0 aromatic rings. The van der Waals surface area contributed by atoms with Crippen molar-refractivity contribution in [3.8, 4) is 0 Å². The molecule has 1 saturated carbocycles. The SMILES string of the molecule is CCCOCCC(CNC1CC1)C1CCS(=O)(=O)C1. The van der Waals surface area contributed by atoms with Crippen molar-refractivity contribution in [1.82, 2.24) is 5.32 Å². The largest absolute Gasteiger partial charge is 0.381 e. The van der Waals surface area contributed by atoms with E-state index < -0.39 is 9.84 Å². The zero-order chi connectivity index (χ0) is 13.7. The molecule has 0 bridgehead atoms. The van der Waals surface area contributed by atoms with E-state index in [1.807, 2.05) is 0 Å². The van der Waals surface area contributed by atoms with Crippen LogP contribution in [0.3, 0.4) is 0 Å². The molecule has 2 unspecified atom stereocenters. The Morgan fingerprint density at radius 2 is 2.05 bits per heavy atom. The van der Waals surface area contributed by atoms with Gasteiger partial charge in [0.15, 0.2) is 9.84 Å². The highest BCUT2D eigenvalue weighted by Gasteiger charge is 2.34. The van der Waals surface area contributed by atoms with Gasteiger partial charge < -0.3 is 10.1 Å². The molecular formula is C14H27NO3S. The van der Waals surface area contributed by atoms with E-state index in [1.54, 1.807) is 0 Å². The molecule has 1 saturated heterocycles. The highest BCUT2D eigenvalue weighted by Crippen LogP contribution is 2.29. The monoisotopic (exact) mass is 289 g/mol. The molecule has 0 aromatic heterocycles. The summed E-state index contributed by atoms with van der Waals surface area (Å²) < 4.78 is 28.8. The topological polar surface area (TPSA) is 55.4 Å². The molecule has 0 spiro atoms. The van der Waals surface area contributed by atoms with E-state index in [4.69, 9.17) is 4.74 Å². The van der Waals surface area contributed by atoms with Crippen LogP contribution < -0.4 is 5.32 Å². The van der Waals surface area contributed by atoms with E-state index in [1.165, 1.54) is 12.8 Å². The molecule has 1 aliphatic carbocycles. The molecule has 5 heteroatoms. The molecule has 1 aliphatic heterocycles. The summed E-state index contributed by atoms with van der Waals surface area (Å²) >= 11 is 0. The first kappa shape index (κ1) is 15.3. The van der Waals surface area contributed by atoms with Crippen LogP contribution in [0.25, 0.3) is 0 Å². The summed E-state index contributed by atoms with van der Waals surface area (Å²) in [6.45, 7) is 4.64. The van der Waals surface area contributed by atoms with Gasteiger partial charge in [0.2, 0.25) is 0 Å². The van der Waals surface area contributed by atoms with Crippen LogP contribution in [0.1, 0.15) is 39.0 Å². The third-order valence-electron chi connectivity index (χ3n) is 4.16. The second-order valence-corrected chi connectivity index (χ2v) is 8.24. The first-order valence-corrected chi connectivity index (χ1v) is 9.44. The van der Waals surface area contributed by atoms with Gasteiger partial charge in [0.25, 0.3) is 0 Å². The van der Waals surface area contributed by atoms with Crippen molar-refractivity contribution in [2.45, 2.75) is 45.1 Å². The van der Waals surface area contributed by atoms with Crippen LogP contribution >= 0.6 is 0 Å². The molecule has 1 N–H and O–H groups in total. The number of hydrogen-bond acceptors (Lipinski definition) is 4. The summed E-state index contributed by atoms with van der Waals surface area (Å²) in [7, 11) is -2.77. The van der Waals surface area contributed by atoms with Gasteiger partial charge in [0.1, 0.15) is 0 Å². The predicted octanol–water partition coefficient (Wildman–Crippen LogP) is 1.61. The van der Waals surface area contributed by atoms with E-state index >= 15 is 0 Å². The molecule has 2 aliphatic rings. The summed E-state index contributed by atoms with van der Waals surface area (Å²) in [4.78, 5) is 0. The van der Waals surface area contributed by atoms with E-state index in [0.717, 1.165) is 39.0 Å². The van der Waals surface area contributed by atoms with Crippen LogP contribution in [-0.4, -0.2) is 45.7 Å². The molecule has 0 radical (unpaired) electrons. The van der Waals surface area contributed by atoms with Crippen molar-refractivity contribution >= 4 is 9.84 Å². The summed E-state index contributed by atoms with van der Waals surface area (Å²) in [5.74, 6) is 1.56. The zero-order valence-electron chi connectivity index (χ0n) is 11.9. The second-order valence-electron chi connectivity index (χ2n) is 6.01. The number of sulfone groups is 1. The minimum absolute atomic E-state index is 0.335. The highest BCUT2D eigenvalue weighted by atomic mass is 32.2. The van der Waals surface area contributed by atoms with Crippen LogP contribution in [0, 0.1) is 11.8 Å². The first-order valence-electron chi connectivity index (χ1n) is 7.62. The van der Waals surface area contributed by atoms with Gasteiger partial charge in [-0.2, -0.15) is 0 Å².